The molecule has 0 radical (unpaired) electrons. The van der Waals surface area contributed by atoms with E-state index in [9.17, 15) is 0 Å². The number of oxazole rings is 1. The molecule has 222 valence electrons. The fourth-order valence-corrected chi connectivity index (χ4v) is 6.59. The molecule has 7 aromatic carbocycles. The van der Waals surface area contributed by atoms with Crippen LogP contribution in [0.25, 0.3) is 61.2 Å². The lowest BCUT2D eigenvalue weighted by molar-refractivity contribution is 0.620. The zero-order chi connectivity index (χ0) is 31.2. The molecule has 2 heterocycles. The van der Waals surface area contributed by atoms with Crippen LogP contribution < -0.4 is 4.90 Å². The lowest BCUT2D eigenvalue weighted by Crippen LogP contribution is -2.10. The van der Waals surface area contributed by atoms with Crippen molar-refractivity contribution in [2.45, 2.75) is 0 Å². The normalized spacial score (nSPS) is 11.4. The molecule has 47 heavy (non-hydrogen) atoms. The molecule has 9 rings (SSSR count). The maximum atomic E-state index is 6.20. The minimum Gasteiger partial charge on any atom is -0.436 e. The predicted octanol–water partition coefficient (Wildman–Crippen LogP) is 11.7. The van der Waals surface area contributed by atoms with Crippen molar-refractivity contribution in [2.24, 2.45) is 0 Å². The van der Waals surface area contributed by atoms with E-state index >= 15 is 0 Å². The molecule has 0 spiro atoms. The van der Waals surface area contributed by atoms with Crippen LogP contribution in [0.5, 0.6) is 0 Å². The van der Waals surface area contributed by atoms with E-state index in [0.717, 1.165) is 50.5 Å². The summed E-state index contributed by atoms with van der Waals surface area (Å²) in [5, 5.41) is 2.52. The van der Waals surface area contributed by atoms with Crippen LogP contribution in [-0.4, -0.2) is 9.55 Å². The van der Waals surface area contributed by atoms with Gasteiger partial charge in [0.1, 0.15) is 5.52 Å². The highest BCUT2D eigenvalue weighted by atomic mass is 16.3. The van der Waals surface area contributed by atoms with Crippen LogP contribution in [0.3, 0.4) is 0 Å². The van der Waals surface area contributed by atoms with E-state index in [1.165, 1.54) is 21.8 Å². The van der Waals surface area contributed by atoms with E-state index < -0.39 is 0 Å². The van der Waals surface area contributed by atoms with E-state index in [-0.39, 0.29) is 0 Å². The van der Waals surface area contributed by atoms with Crippen LogP contribution in [-0.2, 0) is 0 Å². The minimum atomic E-state index is 0.610. The van der Waals surface area contributed by atoms with Gasteiger partial charge in [-0.25, -0.2) is 4.98 Å². The summed E-state index contributed by atoms with van der Waals surface area (Å²) in [4.78, 5) is 7.13. The molecular weight excluding hydrogens is 574 g/mol. The Hall–Kier alpha value is -6.39. The maximum absolute atomic E-state index is 6.20. The summed E-state index contributed by atoms with van der Waals surface area (Å²) in [6.45, 7) is 0. The van der Waals surface area contributed by atoms with Crippen molar-refractivity contribution in [1.29, 1.82) is 0 Å². The van der Waals surface area contributed by atoms with Crippen LogP contribution >= 0.6 is 0 Å². The summed E-state index contributed by atoms with van der Waals surface area (Å²) >= 11 is 0. The van der Waals surface area contributed by atoms with Crippen LogP contribution in [0.4, 0.5) is 17.1 Å². The number of hydrogen-bond donors (Lipinski definition) is 0. The topological polar surface area (TPSA) is 34.2 Å². The second kappa shape index (κ2) is 11.2. The summed E-state index contributed by atoms with van der Waals surface area (Å²) in [6.07, 6.45) is 0. The molecule has 4 nitrogen and oxygen atoms in total. The molecular formula is C43H29N3O. The molecule has 0 aliphatic carbocycles. The van der Waals surface area contributed by atoms with Gasteiger partial charge in [0.2, 0.25) is 5.89 Å². The van der Waals surface area contributed by atoms with Gasteiger partial charge in [-0.1, -0.05) is 91.0 Å². The van der Waals surface area contributed by atoms with Gasteiger partial charge < -0.3 is 13.9 Å². The second-order valence-electron chi connectivity index (χ2n) is 11.7. The van der Waals surface area contributed by atoms with Crippen molar-refractivity contribution < 1.29 is 4.42 Å². The predicted molar refractivity (Wildman–Crippen MR) is 194 cm³/mol. The second-order valence-corrected chi connectivity index (χ2v) is 11.7. The first-order chi connectivity index (χ1) is 23.3. The van der Waals surface area contributed by atoms with Crippen molar-refractivity contribution in [2.75, 3.05) is 4.90 Å². The van der Waals surface area contributed by atoms with E-state index in [2.05, 4.69) is 155 Å². The first-order valence-corrected chi connectivity index (χ1v) is 15.8. The molecule has 0 amide bonds. The van der Waals surface area contributed by atoms with E-state index in [0.29, 0.717) is 5.89 Å². The Bertz CT molecular complexity index is 2440. The smallest absolute Gasteiger partial charge is 0.227 e. The number of hydrogen-bond acceptors (Lipinski definition) is 3. The average molecular weight is 604 g/mol. The van der Waals surface area contributed by atoms with E-state index in [4.69, 9.17) is 9.40 Å². The average Bonchev–Trinajstić information content (AvgIpc) is 3.72. The Kier molecular flexibility index (Phi) is 6.43. The molecule has 4 heteroatoms. The van der Waals surface area contributed by atoms with Crippen LogP contribution in [0.1, 0.15) is 0 Å². The lowest BCUT2D eigenvalue weighted by atomic mass is 10.1. The summed E-state index contributed by atoms with van der Waals surface area (Å²) in [7, 11) is 0. The number of benzene rings is 7. The monoisotopic (exact) mass is 603 g/mol. The highest BCUT2D eigenvalue weighted by Gasteiger charge is 2.16. The first-order valence-electron chi connectivity index (χ1n) is 15.8. The van der Waals surface area contributed by atoms with Crippen molar-refractivity contribution in [3.05, 3.63) is 176 Å². The third-order valence-corrected chi connectivity index (χ3v) is 8.83. The summed E-state index contributed by atoms with van der Waals surface area (Å²) < 4.78 is 8.54. The number of nitrogens with zero attached hydrogens (tertiary/aromatic N) is 3. The van der Waals surface area contributed by atoms with Gasteiger partial charge in [-0.3, -0.25) is 0 Å². The Morgan fingerprint density at radius 2 is 0.979 bits per heavy atom. The molecule has 0 bridgehead atoms. The van der Waals surface area contributed by atoms with Crippen LogP contribution in [0, 0.1) is 0 Å². The molecule has 2 aromatic heterocycles. The zero-order valence-electron chi connectivity index (χ0n) is 25.5. The van der Waals surface area contributed by atoms with Crippen molar-refractivity contribution in [1.82, 2.24) is 9.55 Å². The van der Waals surface area contributed by atoms with Gasteiger partial charge in [-0.05, 0) is 96.1 Å². The molecule has 0 saturated heterocycles. The Morgan fingerprint density at radius 3 is 1.64 bits per heavy atom. The van der Waals surface area contributed by atoms with Crippen molar-refractivity contribution >= 4 is 50.0 Å². The molecule has 0 atom stereocenters. The molecule has 0 saturated carbocycles. The standard InChI is InChI=1S/C43H29N3O/c1-3-11-30(12-4-1)32-21-28-42-39(29-32)44-43(47-42)31-19-22-34(23-20-31)45(33-13-5-2-6-14-33)35-24-26-36(27-25-35)46-40-17-9-7-15-37(40)38-16-8-10-18-41(38)46/h1-29H. The number of rotatable bonds is 6. The third kappa shape index (κ3) is 4.75. The summed E-state index contributed by atoms with van der Waals surface area (Å²) in [5.74, 6) is 0.610. The minimum absolute atomic E-state index is 0.610. The molecule has 0 fully saturated rings. The number of para-hydroxylation sites is 3. The molecule has 0 aliphatic rings. The SMILES string of the molecule is c1ccc(-c2ccc3oc(-c4ccc(N(c5ccccc5)c5ccc(-n6c7ccccc7c7ccccc76)cc5)cc4)nc3c2)cc1. The first kappa shape index (κ1) is 27.0. The van der Waals surface area contributed by atoms with Gasteiger partial charge in [0.05, 0.1) is 11.0 Å². The van der Waals surface area contributed by atoms with Crippen molar-refractivity contribution in [3.63, 3.8) is 0 Å². The maximum Gasteiger partial charge on any atom is 0.227 e. The number of anilines is 3. The van der Waals surface area contributed by atoms with Gasteiger partial charge in [0, 0.05) is 39.1 Å². The fourth-order valence-electron chi connectivity index (χ4n) is 6.59. The Balaban J connectivity index is 1.07. The third-order valence-electron chi connectivity index (χ3n) is 8.83. The van der Waals surface area contributed by atoms with Gasteiger partial charge >= 0.3 is 0 Å². The molecule has 0 aliphatic heterocycles. The number of aromatic nitrogens is 2. The van der Waals surface area contributed by atoms with Gasteiger partial charge in [-0.2, -0.15) is 0 Å². The summed E-state index contributed by atoms with van der Waals surface area (Å²) in [6, 6.07) is 61.5. The largest absolute Gasteiger partial charge is 0.436 e. The molecule has 9 aromatic rings. The van der Waals surface area contributed by atoms with Crippen LogP contribution in [0.15, 0.2) is 180 Å². The van der Waals surface area contributed by atoms with Gasteiger partial charge in [0.25, 0.3) is 0 Å². The van der Waals surface area contributed by atoms with Gasteiger partial charge in [0.15, 0.2) is 5.58 Å². The quantitative estimate of drug-likeness (QED) is 0.190. The van der Waals surface area contributed by atoms with Crippen molar-refractivity contribution in [3.8, 4) is 28.3 Å². The van der Waals surface area contributed by atoms with E-state index in [1.54, 1.807) is 0 Å². The Labute approximate surface area is 272 Å². The molecule has 0 unspecified atom stereocenters. The highest BCUT2D eigenvalue weighted by molar-refractivity contribution is 6.09. The van der Waals surface area contributed by atoms with Gasteiger partial charge in [-0.15, -0.1) is 0 Å². The lowest BCUT2D eigenvalue weighted by Gasteiger charge is -2.26. The number of fused-ring (bicyclic) bond motifs is 4. The van der Waals surface area contributed by atoms with E-state index in [1.807, 2.05) is 30.3 Å². The Morgan fingerprint density at radius 1 is 0.447 bits per heavy atom. The zero-order valence-corrected chi connectivity index (χ0v) is 25.5. The molecule has 0 N–H and O–H groups in total. The summed E-state index contributed by atoms with van der Waals surface area (Å²) in [5.41, 5.74) is 11.6. The highest BCUT2D eigenvalue weighted by Crippen LogP contribution is 2.38. The fraction of sp³-hybridized carbons (Fsp3) is 0. The van der Waals surface area contributed by atoms with Crippen LogP contribution in [0.2, 0.25) is 0 Å².